The molecule has 0 saturated carbocycles. The van der Waals surface area contributed by atoms with E-state index in [1.807, 2.05) is 6.92 Å². The Kier molecular flexibility index (Phi) is 9.68. The van der Waals surface area contributed by atoms with Gasteiger partial charge in [-0.2, -0.15) is 0 Å². The molecule has 0 aliphatic carbocycles. The third-order valence-corrected chi connectivity index (χ3v) is 7.71. The summed E-state index contributed by atoms with van der Waals surface area (Å²) < 4.78 is 30.0. The molecule has 2 N–H and O–H groups in total. The molecule has 0 unspecified atom stereocenters. The zero-order chi connectivity index (χ0) is 33.0. The number of hydrogen-bond donors (Lipinski definition) is 2. The molecular weight excluding hydrogens is 602 g/mol. The molecule has 4 heterocycles. The maximum atomic E-state index is 14.0. The van der Waals surface area contributed by atoms with E-state index < -0.39 is 28.8 Å². The van der Waals surface area contributed by atoms with Crippen LogP contribution in [0.5, 0.6) is 0 Å². The van der Waals surface area contributed by atoms with Crippen molar-refractivity contribution >= 4 is 34.7 Å². The van der Waals surface area contributed by atoms with Gasteiger partial charge in [0, 0.05) is 69.9 Å². The van der Waals surface area contributed by atoms with Gasteiger partial charge in [-0.3, -0.25) is 33.2 Å². The number of imidazole rings is 1. The molecule has 0 radical (unpaired) electrons. The number of nitrogens with zero attached hydrogens (tertiary/aromatic N) is 6. The molecule has 46 heavy (non-hydrogen) atoms. The summed E-state index contributed by atoms with van der Waals surface area (Å²) in [6.45, 7) is 4.85. The third-order valence-electron chi connectivity index (χ3n) is 7.71. The predicted molar refractivity (Wildman–Crippen MR) is 165 cm³/mol. The van der Waals surface area contributed by atoms with E-state index in [9.17, 15) is 32.8 Å². The molecule has 3 amide bonds. The Morgan fingerprint density at radius 3 is 2.50 bits per heavy atom. The molecule has 1 aromatic carbocycles. The molecule has 1 fully saturated rings. The van der Waals surface area contributed by atoms with Gasteiger partial charge in [-0.05, 0) is 49.6 Å². The van der Waals surface area contributed by atoms with Crippen LogP contribution in [0.25, 0.3) is 22.6 Å². The van der Waals surface area contributed by atoms with Gasteiger partial charge < -0.3 is 15.2 Å². The van der Waals surface area contributed by atoms with Gasteiger partial charge in [-0.1, -0.05) is 6.92 Å². The molecule has 1 aliphatic rings. The standard InChI is InChI=1S/C31H34F2N8O5/c1-3-12-40-28-26(30(45)41(31(40)46)16-11-34-19(2)42)36-27(37-28)21-8-10-24(35-18-21)39(15-5-14-38-13-4-6-25(38)43)29(44)20-7-9-22(32)23(33)17-20/h7-10,17-18H,3-6,11-16H2,1-2H3,(H,34,42)(H,36,37). The van der Waals surface area contributed by atoms with Gasteiger partial charge in [0.2, 0.25) is 11.8 Å². The molecule has 0 atom stereocenters. The zero-order valence-corrected chi connectivity index (χ0v) is 25.5. The monoisotopic (exact) mass is 636 g/mol. The first kappa shape index (κ1) is 32.2. The average molecular weight is 637 g/mol. The van der Waals surface area contributed by atoms with E-state index in [0.717, 1.165) is 23.1 Å². The molecule has 13 nitrogen and oxygen atoms in total. The number of fused-ring (bicyclic) bond motifs is 1. The number of amides is 3. The van der Waals surface area contributed by atoms with Crippen molar-refractivity contribution in [2.24, 2.45) is 0 Å². The minimum Gasteiger partial charge on any atom is -0.355 e. The lowest BCUT2D eigenvalue weighted by Crippen LogP contribution is -2.42. The maximum absolute atomic E-state index is 14.0. The van der Waals surface area contributed by atoms with Crippen LogP contribution in [0.3, 0.4) is 0 Å². The number of carbonyl (C=O) groups excluding carboxylic acids is 3. The molecular formula is C31H34F2N8O5. The van der Waals surface area contributed by atoms with Crippen LogP contribution in [0.2, 0.25) is 0 Å². The fraction of sp³-hybridized carbons (Fsp3) is 0.387. The predicted octanol–water partition coefficient (Wildman–Crippen LogP) is 2.43. The summed E-state index contributed by atoms with van der Waals surface area (Å²) in [6, 6.07) is 6.10. The van der Waals surface area contributed by atoms with Gasteiger partial charge in [0.25, 0.3) is 11.5 Å². The van der Waals surface area contributed by atoms with Crippen LogP contribution in [0.4, 0.5) is 14.6 Å². The van der Waals surface area contributed by atoms with Crippen molar-refractivity contribution in [1.29, 1.82) is 0 Å². The van der Waals surface area contributed by atoms with E-state index >= 15 is 0 Å². The molecule has 5 rings (SSSR count). The number of H-pyrrole nitrogens is 1. The van der Waals surface area contributed by atoms with E-state index in [1.165, 1.54) is 28.7 Å². The first-order valence-corrected chi connectivity index (χ1v) is 15.1. The van der Waals surface area contributed by atoms with Crippen LogP contribution in [-0.4, -0.2) is 72.9 Å². The smallest absolute Gasteiger partial charge is 0.332 e. The maximum Gasteiger partial charge on any atom is 0.332 e. The number of pyridine rings is 1. The Labute approximate surface area is 261 Å². The van der Waals surface area contributed by atoms with E-state index in [0.29, 0.717) is 44.5 Å². The summed E-state index contributed by atoms with van der Waals surface area (Å²) in [4.78, 5) is 78.4. The number of anilines is 1. The Morgan fingerprint density at radius 2 is 1.85 bits per heavy atom. The number of benzene rings is 1. The molecule has 0 bridgehead atoms. The molecule has 0 spiro atoms. The summed E-state index contributed by atoms with van der Waals surface area (Å²) in [5, 5.41) is 2.58. The number of halogens is 2. The van der Waals surface area contributed by atoms with Crippen LogP contribution in [0.15, 0.2) is 46.1 Å². The number of carbonyl (C=O) groups is 3. The number of rotatable bonds is 12. The average Bonchev–Trinajstić information content (AvgIpc) is 3.67. The SMILES string of the molecule is CCCn1c(=O)n(CCNC(C)=O)c(=O)c2[nH]c(-c3ccc(N(CCCN4CCCC4=O)C(=O)c4ccc(F)c(F)c4)nc3)nc21. The second-order valence-electron chi connectivity index (χ2n) is 11.0. The van der Waals surface area contributed by atoms with Crippen molar-refractivity contribution in [2.45, 2.75) is 52.6 Å². The van der Waals surface area contributed by atoms with Gasteiger partial charge >= 0.3 is 5.69 Å². The first-order valence-electron chi connectivity index (χ1n) is 15.1. The van der Waals surface area contributed by atoms with E-state index in [1.54, 1.807) is 17.0 Å². The second-order valence-corrected chi connectivity index (χ2v) is 11.0. The lowest BCUT2D eigenvalue weighted by Gasteiger charge is -2.24. The highest BCUT2D eigenvalue weighted by Gasteiger charge is 2.24. The lowest BCUT2D eigenvalue weighted by molar-refractivity contribution is -0.127. The quantitative estimate of drug-likeness (QED) is 0.242. The van der Waals surface area contributed by atoms with Crippen molar-refractivity contribution in [2.75, 3.05) is 31.1 Å². The number of aryl methyl sites for hydroxylation is 1. The van der Waals surface area contributed by atoms with E-state index in [4.69, 9.17) is 0 Å². The van der Waals surface area contributed by atoms with Gasteiger partial charge in [0.15, 0.2) is 17.3 Å². The molecule has 3 aromatic heterocycles. The Bertz CT molecular complexity index is 1900. The van der Waals surface area contributed by atoms with Gasteiger partial charge in [-0.15, -0.1) is 0 Å². The normalized spacial score (nSPS) is 13.0. The number of aromatic amines is 1. The van der Waals surface area contributed by atoms with E-state index in [2.05, 4.69) is 20.3 Å². The van der Waals surface area contributed by atoms with Crippen molar-refractivity contribution in [3.8, 4) is 11.4 Å². The van der Waals surface area contributed by atoms with Crippen molar-refractivity contribution < 1.29 is 23.2 Å². The summed E-state index contributed by atoms with van der Waals surface area (Å²) in [6.07, 6.45) is 3.74. The molecule has 4 aromatic rings. The number of hydrogen-bond acceptors (Lipinski definition) is 7. The van der Waals surface area contributed by atoms with Gasteiger partial charge in [-0.25, -0.2) is 23.5 Å². The lowest BCUT2D eigenvalue weighted by atomic mass is 10.1. The van der Waals surface area contributed by atoms with E-state index in [-0.39, 0.29) is 59.8 Å². The highest BCUT2D eigenvalue weighted by atomic mass is 19.2. The van der Waals surface area contributed by atoms with Crippen LogP contribution in [-0.2, 0) is 22.7 Å². The first-order chi connectivity index (χ1) is 22.1. The van der Waals surface area contributed by atoms with Crippen molar-refractivity contribution in [3.63, 3.8) is 0 Å². The fourth-order valence-electron chi connectivity index (χ4n) is 5.42. The van der Waals surface area contributed by atoms with Crippen LogP contribution < -0.4 is 21.5 Å². The van der Waals surface area contributed by atoms with Crippen molar-refractivity contribution in [1.82, 2.24) is 34.3 Å². The highest BCUT2D eigenvalue weighted by molar-refractivity contribution is 6.05. The molecule has 15 heteroatoms. The molecule has 1 aliphatic heterocycles. The summed E-state index contributed by atoms with van der Waals surface area (Å²) in [7, 11) is 0. The summed E-state index contributed by atoms with van der Waals surface area (Å²) in [5.74, 6) is -2.57. The molecule has 1 saturated heterocycles. The minimum absolute atomic E-state index is 0.0186. The highest BCUT2D eigenvalue weighted by Crippen LogP contribution is 2.23. The Morgan fingerprint density at radius 1 is 1.04 bits per heavy atom. The van der Waals surface area contributed by atoms with Crippen LogP contribution in [0.1, 0.15) is 49.9 Å². The topological polar surface area (TPSA) is 155 Å². The van der Waals surface area contributed by atoms with Crippen LogP contribution >= 0.6 is 0 Å². The molecule has 242 valence electrons. The number of nitrogens with one attached hydrogen (secondary N) is 2. The van der Waals surface area contributed by atoms with Crippen LogP contribution in [0, 0.1) is 11.6 Å². The Hall–Kier alpha value is -5.21. The number of aromatic nitrogens is 5. The van der Waals surface area contributed by atoms with Crippen molar-refractivity contribution in [3.05, 3.63) is 74.6 Å². The fourth-order valence-corrected chi connectivity index (χ4v) is 5.42. The third kappa shape index (κ3) is 6.72. The van der Waals surface area contributed by atoms with Gasteiger partial charge in [0.1, 0.15) is 17.2 Å². The minimum atomic E-state index is -1.16. The van der Waals surface area contributed by atoms with Gasteiger partial charge in [0.05, 0.1) is 0 Å². The summed E-state index contributed by atoms with van der Waals surface area (Å²) >= 11 is 0. The zero-order valence-electron chi connectivity index (χ0n) is 25.5. The number of likely N-dealkylation sites (tertiary alicyclic amines) is 1. The Balaban J connectivity index is 1.46. The summed E-state index contributed by atoms with van der Waals surface area (Å²) in [5.41, 5.74) is -0.440. The largest absolute Gasteiger partial charge is 0.355 e. The second kappa shape index (κ2) is 13.8.